The Labute approximate surface area is 230 Å². The van der Waals surface area contributed by atoms with Crippen LogP contribution in [0.5, 0.6) is 0 Å². The number of hydrogen-bond acceptors (Lipinski definition) is 4. The van der Waals surface area contributed by atoms with Crippen molar-refractivity contribution in [2.24, 2.45) is 0 Å². The van der Waals surface area contributed by atoms with E-state index >= 15 is 0 Å². The van der Waals surface area contributed by atoms with Crippen LogP contribution in [0.15, 0.2) is 89.6 Å². The Hall–Kier alpha value is -4.36. The van der Waals surface area contributed by atoms with Crippen molar-refractivity contribution in [1.82, 2.24) is 9.88 Å². The number of benzene rings is 3. The van der Waals surface area contributed by atoms with Crippen molar-refractivity contribution in [3.05, 3.63) is 136 Å². The average Bonchev–Trinajstić information content (AvgIpc) is 3.37. The Morgan fingerprint density at radius 2 is 1.88 bits per heavy atom. The summed E-state index contributed by atoms with van der Waals surface area (Å²) in [5.74, 6) is -0.807. The Bertz CT molecular complexity index is 1730. The molecule has 2 atom stereocenters. The fraction of sp³-hybridized carbons (Fsp3) is 0.212. The molecule has 0 aliphatic carbocycles. The van der Waals surface area contributed by atoms with Crippen LogP contribution in [0.1, 0.15) is 52.1 Å². The first-order chi connectivity index (χ1) is 19.2. The van der Waals surface area contributed by atoms with Crippen molar-refractivity contribution >= 4 is 16.9 Å². The number of pyridine rings is 1. The highest BCUT2D eigenvalue weighted by molar-refractivity contribution is 5.84. The molecule has 0 spiro atoms. The van der Waals surface area contributed by atoms with Crippen molar-refractivity contribution in [3.63, 3.8) is 0 Å². The zero-order chi connectivity index (χ0) is 28.0. The number of aryl methyl sites for hydroxylation is 1. The molecule has 1 aliphatic heterocycles. The van der Waals surface area contributed by atoms with Gasteiger partial charge in [0.05, 0.1) is 18.7 Å². The number of aliphatic hydroxyl groups is 1. The van der Waals surface area contributed by atoms with Crippen LogP contribution in [0.3, 0.4) is 0 Å². The summed E-state index contributed by atoms with van der Waals surface area (Å²) in [6, 6.07) is 20.8. The number of aromatic nitrogens is 1. The molecule has 0 bridgehead atoms. The van der Waals surface area contributed by atoms with E-state index < -0.39 is 11.4 Å². The Morgan fingerprint density at radius 1 is 1.07 bits per heavy atom. The van der Waals surface area contributed by atoms with E-state index in [0.717, 1.165) is 34.9 Å². The van der Waals surface area contributed by atoms with Gasteiger partial charge in [-0.25, -0.2) is 8.78 Å². The smallest absolute Gasteiger partial charge is 0.227 e. The van der Waals surface area contributed by atoms with Gasteiger partial charge >= 0.3 is 0 Å². The standard InChI is InChI=1S/C33H28F2N2O3/c1-20-3-9-26-23(15-20)12-14-37(32(26)22-5-7-25(34)8-6-22)31(38)17-21-4-10-29-24(16-21)18-30(40-29)33(2,39)27-11-13-36-19-28(27)35/h3-11,13,15-16,18-19,32,39H,12,14,17H2,1-2H3. The molecule has 5 nitrogen and oxygen atoms in total. The molecule has 1 amide bonds. The largest absolute Gasteiger partial charge is 0.458 e. The molecule has 1 aliphatic rings. The number of carbonyl (C=O) groups excluding carboxylic acids is 1. The van der Waals surface area contributed by atoms with E-state index in [-0.39, 0.29) is 35.5 Å². The molecule has 5 aromatic rings. The lowest BCUT2D eigenvalue weighted by molar-refractivity contribution is -0.132. The minimum Gasteiger partial charge on any atom is -0.458 e. The van der Waals surface area contributed by atoms with Gasteiger partial charge < -0.3 is 14.4 Å². The van der Waals surface area contributed by atoms with Crippen LogP contribution >= 0.6 is 0 Å². The third-order valence-electron chi connectivity index (χ3n) is 7.75. The molecule has 0 saturated carbocycles. The first kappa shape index (κ1) is 25.9. The summed E-state index contributed by atoms with van der Waals surface area (Å²) in [7, 11) is 0. The van der Waals surface area contributed by atoms with E-state index in [1.807, 2.05) is 23.1 Å². The zero-order valence-electron chi connectivity index (χ0n) is 22.2. The number of furan rings is 1. The van der Waals surface area contributed by atoms with E-state index in [2.05, 4.69) is 24.0 Å². The van der Waals surface area contributed by atoms with Gasteiger partial charge in [0.1, 0.15) is 28.6 Å². The molecule has 0 radical (unpaired) electrons. The maximum Gasteiger partial charge on any atom is 0.227 e. The van der Waals surface area contributed by atoms with Crippen molar-refractivity contribution in [2.75, 3.05) is 6.54 Å². The van der Waals surface area contributed by atoms with Crippen LogP contribution in [0.4, 0.5) is 8.78 Å². The molecule has 2 unspecified atom stereocenters. The number of hydrogen-bond donors (Lipinski definition) is 1. The minimum absolute atomic E-state index is 0.0468. The molecular formula is C33H28F2N2O3. The van der Waals surface area contributed by atoms with Crippen LogP contribution in [0.25, 0.3) is 11.0 Å². The second-order valence-electron chi connectivity index (χ2n) is 10.6. The average molecular weight is 539 g/mol. The lowest BCUT2D eigenvalue weighted by atomic mass is 9.87. The van der Waals surface area contributed by atoms with Crippen LogP contribution in [0, 0.1) is 18.6 Å². The summed E-state index contributed by atoms with van der Waals surface area (Å²) in [5.41, 5.74) is 3.93. The van der Waals surface area contributed by atoms with E-state index in [9.17, 15) is 18.7 Å². The number of fused-ring (bicyclic) bond motifs is 2. The van der Waals surface area contributed by atoms with Gasteiger partial charge in [-0.15, -0.1) is 0 Å². The highest BCUT2D eigenvalue weighted by atomic mass is 19.1. The Kier molecular flexibility index (Phi) is 6.47. The quantitative estimate of drug-likeness (QED) is 0.282. The SMILES string of the molecule is Cc1ccc2c(c1)CCN(C(=O)Cc1ccc3oc(C(C)(O)c4ccncc4F)cc3c1)C2c1ccc(F)cc1. The third kappa shape index (κ3) is 4.67. The van der Waals surface area contributed by atoms with Crippen molar-refractivity contribution < 1.29 is 23.1 Å². The molecule has 40 heavy (non-hydrogen) atoms. The van der Waals surface area contributed by atoms with Crippen molar-refractivity contribution in [3.8, 4) is 0 Å². The van der Waals surface area contributed by atoms with Gasteiger partial charge in [-0.3, -0.25) is 9.78 Å². The summed E-state index contributed by atoms with van der Waals surface area (Å²) >= 11 is 0. The van der Waals surface area contributed by atoms with Gasteiger partial charge in [-0.05, 0) is 78.9 Å². The summed E-state index contributed by atoms with van der Waals surface area (Å²) in [4.78, 5) is 19.4. The third-order valence-corrected chi connectivity index (χ3v) is 7.75. The second kappa shape index (κ2) is 9.99. The van der Waals surface area contributed by atoms with Crippen LogP contribution in [-0.2, 0) is 23.2 Å². The number of amides is 1. The monoisotopic (exact) mass is 538 g/mol. The van der Waals surface area contributed by atoms with Crippen LogP contribution in [-0.4, -0.2) is 27.4 Å². The second-order valence-corrected chi connectivity index (χ2v) is 10.6. The topological polar surface area (TPSA) is 66.6 Å². The van der Waals surface area contributed by atoms with E-state index in [1.54, 1.807) is 24.3 Å². The molecule has 6 rings (SSSR count). The molecule has 202 valence electrons. The Balaban J connectivity index is 1.30. The molecule has 3 heterocycles. The maximum atomic E-state index is 14.4. The van der Waals surface area contributed by atoms with Crippen LogP contribution in [0.2, 0.25) is 0 Å². The lowest BCUT2D eigenvalue weighted by Gasteiger charge is -2.38. The summed E-state index contributed by atoms with van der Waals surface area (Å²) in [5, 5.41) is 11.8. The molecule has 0 fully saturated rings. The van der Waals surface area contributed by atoms with Gasteiger partial charge in [0, 0.05) is 23.7 Å². The molecule has 1 N–H and O–H groups in total. The highest BCUT2D eigenvalue weighted by Crippen LogP contribution is 2.37. The van der Waals surface area contributed by atoms with Crippen LogP contribution < -0.4 is 0 Å². The number of carbonyl (C=O) groups is 1. The number of nitrogens with zero attached hydrogens (tertiary/aromatic N) is 2. The molecule has 7 heteroatoms. The summed E-state index contributed by atoms with van der Waals surface area (Å²) in [6.07, 6.45) is 3.37. The van der Waals surface area contributed by atoms with Gasteiger partial charge in [0.15, 0.2) is 0 Å². The fourth-order valence-electron chi connectivity index (χ4n) is 5.65. The summed E-state index contributed by atoms with van der Waals surface area (Å²) < 4.78 is 34.0. The molecule has 3 aromatic carbocycles. The maximum absolute atomic E-state index is 14.4. The normalized spacial score (nSPS) is 16.5. The first-order valence-electron chi connectivity index (χ1n) is 13.2. The predicted octanol–water partition coefficient (Wildman–Crippen LogP) is 6.39. The van der Waals surface area contributed by atoms with Crippen molar-refractivity contribution in [2.45, 2.75) is 38.3 Å². The highest BCUT2D eigenvalue weighted by Gasteiger charge is 2.34. The van der Waals surface area contributed by atoms with Crippen molar-refractivity contribution in [1.29, 1.82) is 0 Å². The minimum atomic E-state index is -1.70. The lowest BCUT2D eigenvalue weighted by Crippen LogP contribution is -2.41. The predicted molar refractivity (Wildman–Crippen MR) is 148 cm³/mol. The molecular weight excluding hydrogens is 510 g/mol. The van der Waals surface area contributed by atoms with E-state index in [0.29, 0.717) is 17.5 Å². The number of halogens is 2. The first-order valence-corrected chi connectivity index (χ1v) is 13.2. The van der Waals surface area contributed by atoms with Gasteiger partial charge in [0.2, 0.25) is 5.91 Å². The number of rotatable bonds is 5. The Morgan fingerprint density at radius 3 is 2.65 bits per heavy atom. The molecule has 0 saturated heterocycles. The van der Waals surface area contributed by atoms with E-state index in [4.69, 9.17) is 4.42 Å². The molecule has 2 aromatic heterocycles. The van der Waals surface area contributed by atoms with E-state index in [1.165, 1.54) is 36.9 Å². The van der Waals surface area contributed by atoms with Gasteiger partial charge in [-0.1, -0.05) is 42.0 Å². The zero-order valence-corrected chi connectivity index (χ0v) is 22.2. The van der Waals surface area contributed by atoms with Gasteiger partial charge in [0.25, 0.3) is 0 Å². The fourth-order valence-corrected chi connectivity index (χ4v) is 5.65. The summed E-state index contributed by atoms with van der Waals surface area (Å²) in [6.45, 7) is 4.07. The van der Waals surface area contributed by atoms with Gasteiger partial charge in [-0.2, -0.15) is 0 Å².